The second-order valence-corrected chi connectivity index (χ2v) is 8.98. The Kier molecular flexibility index (Phi) is 8.13. The molecule has 0 unspecified atom stereocenters. The van der Waals surface area contributed by atoms with Crippen LogP contribution in [-0.4, -0.2) is 32.8 Å². The van der Waals surface area contributed by atoms with Crippen molar-refractivity contribution < 1.29 is 31.2 Å². The number of halogens is 2. The number of rotatable bonds is 10. The number of furan rings is 1. The first-order chi connectivity index (χ1) is 16.2. The molecule has 1 heterocycles. The number of hydrogen-bond donors (Lipinski definition) is 2. The first-order valence-electron chi connectivity index (χ1n) is 10.3. The van der Waals surface area contributed by atoms with Crippen molar-refractivity contribution in [1.29, 1.82) is 0 Å². The molecule has 1 atom stereocenters. The summed E-state index contributed by atoms with van der Waals surface area (Å²) >= 11 is 0. The molecule has 11 heteroatoms. The molecule has 0 aliphatic heterocycles. The molecule has 0 aliphatic rings. The van der Waals surface area contributed by atoms with E-state index in [1.54, 1.807) is 19.1 Å². The maximum atomic E-state index is 14.6. The highest BCUT2D eigenvalue weighted by molar-refractivity contribution is 7.89. The summed E-state index contributed by atoms with van der Waals surface area (Å²) < 4.78 is 60.1. The van der Waals surface area contributed by atoms with E-state index >= 15 is 0 Å². The lowest BCUT2D eigenvalue weighted by atomic mass is 10.1. The summed E-state index contributed by atoms with van der Waals surface area (Å²) in [6.45, 7) is 0.940. The van der Waals surface area contributed by atoms with Gasteiger partial charge in [-0.2, -0.15) is 0 Å². The number of carbonyl (C=O) groups excluding carboxylic acids is 2. The molecular weight excluding hydrogens is 468 g/mol. The van der Waals surface area contributed by atoms with E-state index in [0.29, 0.717) is 5.76 Å². The lowest BCUT2D eigenvalue weighted by molar-refractivity contribution is -0.126. The molecule has 8 nitrogen and oxygen atoms in total. The third kappa shape index (κ3) is 6.06. The molecular formula is C23H23F2N3O5S. The van der Waals surface area contributed by atoms with Crippen LogP contribution in [-0.2, 0) is 26.2 Å². The highest BCUT2D eigenvalue weighted by Crippen LogP contribution is 2.23. The van der Waals surface area contributed by atoms with E-state index in [0.717, 1.165) is 35.2 Å². The summed E-state index contributed by atoms with van der Waals surface area (Å²) in [5.41, 5.74) is -0.173. The number of nitrogens with zero attached hydrogens (tertiary/aromatic N) is 1. The molecule has 0 saturated carbocycles. The van der Waals surface area contributed by atoms with Crippen LogP contribution in [0, 0.1) is 11.6 Å². The average molecular weight is 492 g/mol. The van der Waals surface area contributed by atoms with Crippen LogP contribution in [0.2, 0.25) is 0 Å². The Morgan fingerprint density at radius 3 is 2.35 bits per heavy atom. The number of amides is 2. The minimum Gasteiger partial charge on any atom is -0.467 e. The maximum absolute atomic E-state index is 14.6. The zero-order valence-electron chi connectivity index (χ0n) is 18.2. The maximum Gasteiger partial charge on any atom is 0.243 e. The van der Waals surface area contributed by atoms with Crippen LogP contribution in [0.3, 0.4) is 0 Å². The molecule has 0 spiro atoms. The van der Waals surface area contributed by atoms with Gasteiger partial charge in [-0.1, -0.05) is 19.1 Å². The fourth-order valence-corrected chi connectivity index (χ4v) is 4.23. The first kappa shape index (κ1) is 25.1. The molecule has 0 saturated heterocycles. The van der Waals surface area contributed by atoms with Crippen LogP contribution in [0.1, 0.15) is 19.1 Å². The van der Waals surface area contributed by atoms with E-state index in [1.165, 1.54) is 24.5 Å². The van der Waals surface area contributed by atoms with Crippen molar-refractivity contribution in [2.24, 2.45) is 0 Å². The van der Waals surface area contributed by atoms with Gasteiger partial charge >= 0.3 is 0 Å². The molecule has 0 fully saturated rings. The second-order valence-electron chi connectivity index (χ2n) is 7.21. The third-order valence-corrected chi connectivity index (χ3v) is 6.35. The second kappa shape index (κ2) is 11.0. The van der Waals surface area contributed by atoms with Crippen LogP contribution < -0.4 is 14.9 Å². The molecule has 2 N–H and O–H groups in total. The number of para-hydroxylation sites is 1. The van der Waals surface area contributed by atoms with Gasteiger partial charge in [0.2, 0.25) is 21.8 Å². The van der Waals surface area contributed by atoms with Crippen molar-refractivity contribution in [3.8, 4) is 0 Å². The van der Waals surface area contributed by atoms with E-state index in [9.17, 15) is 26.8 Å². The van der Waals surface area contributed by atoms with Gasteiger partial charge in [0.15, 0.2) is 0 Å². The number of anilines is 1. The van der Waals surface area contributed by atoms with Gasteiger partial charge in [-0.25, -0.2) is 21.9 Å². The standard InChI is InChI=1S/C23H23F2N3O5S/c1-2-20(23(30)26-14-17-6-5-13-33-17)28(21-8-4-3-7-19(21)25)22(29)15-27-34(31,32)18-11-9-16(24)10-12-18/h3-13,20,27H,2,14-15H2,1H3,(H,26,30)/t20-/m1/s1. The Morgan fingerprint density at radius 2 is 1.74 bits per heavy atom. The zero-order chi connectivity index (χ0) is 24.7. The minimum atomic E-state index is -4.16. The van der Waals surface area contributed by atoms with Gasteiger partial charge in [0, 0.05) is 0 Å². The van der Waals surface area contributed by atoms with E-state index in [2.05, 4.69) is 10.0 Å². The van der Waals surface area contributed by atoms with Gasteiger partial charge in [0.1, 0.15) is 23.4 Å². The summed E-state index contributed by atoms with van der Waals surface area (Å²) in [7, 11) is -4.16. The third-order valence-electron chi connectivity index (χ3n) is 4.94. The van der Waals surface area contributed by atoms with Crippen molar-refractivity contribution in [2.75, 3.05) is 11.4 Å². The first-order valence-corrected chi connectivity index (χ1v) is 11.8. The van der Waals surface area contributed by atoms with Crippen molar-refractivity contribution in [3.05, 3.63) is 84.3 Å². The smallest absolute Gasteiger partial charge is 0.243 e. The van der Waals surface area contributed by atoms with E-state index in [-0.39, 0.29) is 23.5 Å². The van der Waals surface area contributed by atoms with Crippen LogP contribution >= 0.6 is 0 Å². The molecule has 1 aromatic heterocycles. The molecule has 2 amide bonds. The predicted octanol–water partition coefficient (Wildman–Crippen LogP) is 2.96. The number of benzene rings is 2. The fraction of sp³-hybridized carbons (Fsp3) is 0.217. The molecule has 0 bridgehead atoms. The average Bonchev–Trinajstić information content (AvgIpc) is 3.34. The van der Waals surface area contributed by atoms with Crippen molar-refractivity contribution in [3.63, 3.8) is 0 Å². The minimum absolute atomic E-state index is 0.0544. The Morgan fingerprint density at radius 1 is 1.03 bits per heavy atom. The lowest BCUT2D eigenvalue weighted by Crippen LogP contribution is -2.52. The van der Waals surface area contributed by atoms with Gasteiger partial charge in [-0.05, 0) is 55.0 Å². The molecule has 34 heavy (non-hydrogen) atoms. The van der Waals surface area contributed by atoms with Gasteiger partial charge < -0.3 is 9.73 Å². The van der Waals surface area contributed by atoms with Gasteiger partial charge in [0.05, 0.1) is 29.9 Å². The summed E-state index contributed by atoms with van der Waals surface area (Å²) in [6, 6.07) is 11.6. The summed E-state index contributed by atoms with van der Waals surface area (Å²) in [4.78, 5) is 26.7. The normalized spacial score (nSPS) is 12.2. The van der Waals surface area contributed by atoms with Crippen molar-refractivity contribution in [2.45, 2.75) is 30.8 Å². The topological polar surface area (TPSA) is 109 Å². The highest BCUT2D eigenvalue weighted by atomic mass is 32.2. The monoisotopic (exact) mass is 491 g/mol. The summed E-state index contributed by atoms with van der Waals surface area (Å²) in [5.74, 6) is -2.31. The van der Waals surface area contributed by atoms with E-state index in [4.69, 9.17) is 4.42 Å². The summed E-state index contributed by atoms with van der Waals surface area (Å²) in [5, 5.41) is 2.64. The highest BCUT2D eigenvalue weighted by Gasteiger charge is 2.32. The van der Waals surface area contributed by atoms with E-state index in [1.807, 2.05) is 0 Å². The molecule has 0 aliphatic carbocycles. The largest absolute Gasteiger partial charge is 0.467 e. The predicted molar refractivity (Wildman–Crippen MR) is 120 cm³/mol. The lowest BCUT2D eigenvalue weighted by Gasteiger charge is -2.30. The Bertz CT molecular complexity index is 1230. The number of nitrogens with one attached hydrogen (secondary N) is 2. The SMILES string of the molecule is CC[C@H](C(=O)NCc1ccco1)N(C(=O)CNS(=O)(=O)c1ccc(F)cc1)c1ccccc1F. The van der Waals surface area contributed by atoms with Crippen LogP contribution in [0.5, 0.6) is 0 Å². The van der Waals surface area contributed by atoms with Gasteiger partial charge in [0.25, 0.3) is 0 Å². The van der Waals surface area contributed by atoms with Gasteiger partial charge in [-0.3, -0.25) is 14.5 Å². The number of carbonyl (C=O) groups is 2. The van der Waals surface area contributed by atoms with Crippen LogP contribution in [0.25, 0.3) is 0 Å². The zero-order valence-corrected chi connectivity index (χ0v) is 19.0. The summed E-state index contributed by atoms with van der Waals surface area (Å²) in [6.07, 6.45) is 1.57. The van der Waals surface area contributed by atoms with E-state index < -0.39 is 46.1 Å². The Hall–Kier alpha value is -3.57. The van der Waals surface area contributed by atoms with Crippen LogP contribution in [0.4, 0.5) is 14.5 Å². The van der Waals surface area contributed by atoms with Crippen molar-refractivity contribution in [1.82, 2.24) is 10.0 Å². The molecule has 0 radical (unpaired) electrons. The fourth-order valence-electron chi connectivity index (χ4n) is 3.25. The molecule has 2 aromatic carbocycles. The Labute approximate surface area is 195 Å². The molecule has 3 rings (SSSR count). The van der Waals surface area contributed by atoms with Gasteiger partial charge in [-0.15, -0.1) is 0 Å². The van der Waals surface area contributed by atoms with Crippen LogP contribution in [0.15, 0.2) is 76.2 Å². The Balaban J connectivity index is 1.83. The molecule has 180 valence electrons. The van der Waals surface area contributed by atoms with Crippen molar-refractivity contribution >= 4 is 27.5 Å². The number of sulfonamides is 1. The number of hydrogen-bond acceptors (Lipinski definition) is 5. The molecule has 3 aromatic rings. The quantitative estimate of drug-likeness (QED) is 0.453.